The van der Waals surface area contributed by atoms with Crippen molar-refractivity contribution < 1.29 is 23.9 Å². The maximum absolute atomic E-state index is 12.7. The van der Waals surface area contributed by atoms with E-state index in [0.29, 0.717) is 22.7 Å². The van der Waals surface area contributed by atoms with Crippen molar-refractivity contribution in [2.24, 2.45) is 5.73 Å². The van der Waals surface area contributed by atoms with Crippen LogP contribution < -0.4 is 20.1 Å². The van der Waals surface area contributed by atoms with E-state index in [4.69, 9.17) is 19.9 Å². The molecule has 0 amide bonds. The molecule has 1 atom stereocenters. The number of esters is 1. The van der Waals surface area contributed by atoms with Gasteiger partial charge in [0.2, 0.25) is 0 Å². The number of allylic oxidation sites excluding steroid dienone is 1. The van der Waals surface area contributed by atoms with Gasteiger partial charge in [-0.25, -0.2) is 4.79 Å². The fourth-order valence-corrected chi connectivity index (χ4v) is 3.47. The lowest BCUT2D eigenvalue weighted by atomic mass is 9.83. The van der Waals surface area contributed by atoms with Crippen LogP contribution in [0.15, 0.2) is 65.6 Å². The van der Waals surface area contributed by atoms with E-state index < -0.39 is 16.8 Å². The Morgan fingerprint density at radius 3 is 2.53 bits per heavy atom. The Hall–Kier alpha value is -4.52. The number of hydrogen-bond acceptors (Lipinski definition) is 9. The van der Waals surface area contributed by atoms with Crippen LogP contribution in [-0.4, -0.2) is 32.2 Å². The highest BCUT2D eigenvalue weighted by Gasteiger charge is 2.36. The minimum absolute atomic E-state index is 0.0336. The van der Waals surface area contributed by atoms with E-state index in [1.54, 1.807) is 24.3 Å². The van der Waals surface area contributed by atoms with Crippen molar-refractivity contribution in [2.75, 3.05) is 26.2 Å². The van der Waals surface area contributed by atoms with Crippen molar-refractivity contribution in [3.63, 3.8) is 0 Å². The summed E-state index contributed by atoms with van der Waals surface area (Å²) in [6.45, 7) is 0. The van der Waals surface area contributed by atoms with Gasteiger partial charge in [-0.15, -0.1) is 0 Å². The Bertz CT molecular complexity index is 1180. The second-order valence-corrected chi connectivity index (χ2v) is 6.68. The van der Waals surface area contributed by atoms with Crippen molar-refractivity contribution in [3.05, 3.63) is 81.3 Å². The number of nitro groups is 1. The molecule has 0 aliphatic carbocycles. The molecule has 1 aliphatic heterocycles. The molecule has 1 heterocycles. The van der Waals surface area contributed by atoms with Crippen LogP contribution >= 0.6 is 0 Å². The zero-order valence-corrected chi connectivity index (χ0v) is 17.6. The topological polar surface area (TPSA) is 141 Å². The van der Waals surface area contributed by atoms with E-state index in [2.05, 4.69) is 0 Å². The van der Waals surface area contributed by atoms with Gasteiger partial charge in [-0.05, 0) is 17.7 Å². The molecule has 0 saturated carbocycles. The number of carbonyl (C=O) groups excluding carboxylic acids is 1. The highest BCUT2D eigenvalue weighted by atomic mass is 16.6. The Morgan fingerprint density at radius 1 is 1.19 bits per heavy atom. The van der Waals surface area contributed by atoms with Crippen molar-refractivity contribution in [2.45, 2.75) is 5.92 Å². The molecule has 0 bridgehead atoms. The first-order chi connectivity index (χ1) is 15.4. The van der Waals surface area contributed by atoms with Crippen LogP contribution in [0, 0.1) is 21.4 Å². The molecular weight excluding hydrogens is 416 g/mol. The fourth-order valence-electron chi connectivity index (χ4n) is 3.47. The number of ether oxygens (including phenoxy) is 3. The molecule has 1 unspecified atom stereocenters. The second-order valence-electron chi connectivity index (χ2n) is 6.68. The van der Waals surface area contributed by atoms with Gasteiger partial charge in [0.1, 0.15) is 17.3 Å². The summed E-state index contributed by atoms with van der Waals surface area (Å²) < 4.78 is 15.6. The third kappa shape index (κ3) is 3.91. The Labute approximate surface area is 183 Å². The summed E-state index contributed by atoms with van der Waals surface area (Å²) >= 11 is 0. The zero-order valence-electron chi connectivity index (χ0n) is 17.6. The summed E-state index contributed by atoms with van der Waals surface area (Å²) in [7, 11) is 4.18. The zero-order chi connectivity index (χ0) is 23.4. The molecule has 0 aromatic heterocycles. The van der Waals surface area contributed by atoms with Crippen molar-refractivity contribution >= 4 is 17.3 Å². The van der Waals surface area contributed by atoms with Crippen LogP contribution in [0.5, 0.6) is 11.5 Å². The Kier molecular flexibility index (Phi) is 6.30. The number of benzene rings is 2. The van der Waals surface area contributed by atoms with Crippen LogP contribution in [-0.2, 0) is 9.53 Å². The van der Waals surface area contributed by atoms with Gasteiger partial charge in [0.25, 0.3) is 5.69 Å². The van der Waals surface area contributed by atoms with E-state index in [-0.39, 0.29) is 22.7 Å². The number of nitriles is 1. The van der Waals surface area contributed by atoms with Gasteiger partial charge in [-0.2, -0.15) is 5.26 Å². The van der Waals surface area contributed by atoms with Gasteiger partial charge in [-0.1, -0.05) is 12.1 Å². The van der Waals surface area contributed by atoms with Crippen LogP contribution in [0.2, 0.25) is 0 Å². The van der Waals surface area contributed by atoms with Crippen LogP contribution in [0.25, 0.3) is 0 Å². The average Bonchev–Trinajstić information content (AvgIpc) is 2.82. The molecule has 10 heteroatoms. The molecule has 0 fully saturated rings. The lowest BCUT2D eigenvalue weighted by molar-refractivity contribution is -0.384. The molecule has 3 rings (SSSR count). The number of methoxy groups -OCH3 is 3. The number of non-ortho nitro benzene ring substituents is 1. The first kappa shape index (κ1) is 22.2. The quantitative estimate of drug-likeness (QED) is 0.411. The molecule has 0 saturated heterocycles. The molecule has 2 aromatic carbocycles. The van der Waals surface area contributed by atoms with Crippen molar-refractivity contribution in [1.29, 1.82) is 5.26 Å². The number of anilines is 1. The maximum atomic E-state index is 12.7. The van der Waals surface area contributed by atoms with Gasteiger partial charge >= 0.3 is 5.97 Å². The summed E-state index contributed by atoms with van der Waals surface area (Å²) in [4.78, 5) is 24.8. The molecule has 32 heavy (non-hydrogen) atoms. The predicted molar refractivity (Wildman–Crippen MR) is 115 cm³/mol. The Balaban J connectivity index is 2.24. The minimum atomic E-state index is -0.951. The first-order valence-corrected chi connectivity index (χ1v) is 9.31. The predicted octanol–water partition coefficient (Wildman–Crippen LogP) is 2.97. The monoisotopic (exact) mass is 436 g/mol. The lowest BCUT2D eigenvalue weighted by Gasteiger charge is -2.32. The number of nitrogens with zero attached hydrogens (tertiary/aromatic N) is 3. The molecule has 1 aliphatic rings. The van der Waals surface area contributed by atoms with E-state index in [1.807, 2.05) is 6.07 Å². The standard InChI is InChI=1S/C22H20N4O6/c1-30-15-7-8-18(19(10-15)31-2)25-12-17(22(27)32-3)20(16(11-23)21(25)24)13-5-4-6-14(9-13)26(28)29/h4-10,12,20H,24H2,1-3H3. The third-order valence-corrected chi connectivity index (χ3v) is 5.01. The maximum Gasteiger partial charge on any atom is 0.336 e. The summed E-state index contributed by atoms with van der Waals surface area (Å²) in [6.07, 6.45) is 1.44. The Morgan fingerprint density at radius 2 is 1.94 bits per heavy atom. The highest BCUT2D eigenvalue weighted by molar-refractivity contribution is 5.93. The van der Waals surface area contributed by atoms with Crippen LogP contribution in [0.4, 0.5) is 11.4 Å². The number of rotatable bonds is 6. The highest BCUT2D eigenvalue weighted by Crippen LogP contribution is 2.42. The minimum Gasteiger partial charge on any atom is -0.497 e. The number of nitrogens with two attached hydrogens (primary N) is 1. The SMILES string of the molecule is COC(=O)C1=CN(c2ccc(OC)cc2OC)C(N)=C(C#N)C1c1cccc([N+](=O)[O-])c1. The van der Waals surface area contributed by atoms with E-state index in [0.717, 1.165) is 0 Å². The number of carbonyl (C=O) groups is 1. The molecule has 2 N–H and O–H groups in total. The second kappa shape index (κ2) is 9.09. The summed E-state index contributed by atoms with van der Waals surface area (Å²) in [5.41, 5.74) is 7.10. The molecule has 10 nitrogen and oxygen atoms in total. The molecule has 0 radical (unpaired) electrons. The fraction of sp³-hybridized carbons (Fsp3) is 0.182. The van der Waals surface area contributed by atoms with Gasteiger partial charge in [-0.3, -0.25) is 15.0 Å². The molecule has 2 aromatic rings. The van der Waals surface area contributed by atoms with Gasteiger partial charge < -0.3 is 19.9 Å². The normalized spacial score (nSPS) is 15.5. The van der Waals surface area contributed by atoms with Crippen molar-refractivity contribution in [1.82, 2.24) is 0 Å². The van der Waals surface area contributed by atoms with Crippen molar-refractivity contribution in [3.8, 4) is 17.6 Å². The number of hydrogen-bond donors (Lipinski definition) is 1. The van der Waals surface area contributed by atoms with Crippen LogP contribution in [0.3, 0.4) is 0 Å². The smallest absolute Gasteiger partial charge is 0.336 e. The van der Waals surface area contributed by atoms with Gasteiger partial charge in [0, 0.05) is 24.4 Å². The third-order valence-electron chi connectivity index (χ3n) is 5.01. The molecular formula is C22H20N4O6. The van der Waals surface area contributed by atoms with Gasteiger partial charge in [0.05, 0.1) is 55.1 Å². The molecule has 164 valence electrons. The van der Waals surface area contributed by atoms with E-state index >= 15 is 0 Å². The average molecular weight is 436 g/mol. The largest absolute Gasteiger partial charge is 0.497 e. The van der Waals surface area contributed by atoms with Gasteiger partial charge in [0.15, 0.2) is 0 Å². The summed E-state index contributed by atoms with van der Waals surface area (Å²) in [5, 5.41) is 21.2. The first-order valence-electron chi connectivity index (χ1n) is 9.31. The lowest BCUT2D eigenvalue weighted by Crippen LogP contribution is -2.33. The summed E-state index contributed by atoms with van der Waals surface area (Å²) in [5.74, 6) is -0.691. The van der Waals surface area contributed by atoms with Crippen LogP contribution in [0.1, 0.15) is 11.5 Å². The summed E-state index contributed by atoms with van der Waals surface area (Å²) in [6, 6.07) is 12.7. The molecule has 0 spiro atoms. The van der Waals surface area contributed by atoms with E-state index in [1.165, 1.54) is 50.6 Å². The van der Waals surface area contributed by atoms with E-state index in [9.17, 15) is 20.2 Å². The number of nitro benzene ring substituents is 1.